The number of para-hydroxylation sites is 2. The van der Waals surface area contributed by atoms with Crippen molar-refractivity contribution in [3.05, 3.63) is 101 Å². The molecule has 0 saturated heterocycles. The topological polar surface area (TPSA) is 93.1 Å². The second-order valence-corrected chi connectivity index (χ2v) is 5.90. The summed E-state index contributed by atoms with van der Waals surface area (Å²) in [5.74, 6) is 0.266. The molecule has 0 atom stereocenters. The van der Waals surface area contributed by atoms with Gasteiger partial charge in [-0.2, -0.15) is 10.0 Å². The van der Waals surface area contributed by atoms with Gasteiger partial charge in [-0.25, -0.2) is 4.79 Å². The SMILES string of the molecule is O=C1N(c2ccccc2)[N]C(c2ccc([N+](=O)[O-])cc2)=NN1c1ccccc1. The Morgan fingerprint density at radius 1 is 0.750 bits per heavy atom. The molecule has 0 unspecified atom stereocenters. The molecule has 1 aliphatic rings. The van der Waals surface area contributed by atoms with E-state index in [2.05, 4.69) is 10.5 Å². The van der Waals surface area contributed by atoms with Gasteiger partial charge in [0.15, 0.2) is 0 Å². The summed E-state index contributed by atoms with van der Waals surface area (Å²) in [6.07, 6.45) is 0. The standard InChI is InChI=1S/C20H14N5O3/c26-20-23(16-7-3-1-4-8-16)21-19(15-11-13-18(14-12-15)25(27)28)22-24(20)17-9-5-2-6-10-17/h1-14H. The lowest BCUT2D eigenvalue weighted by Gasteiger charge is -2.31. The summed E-state index contributed by atoms with van der Waals surface area (Å²) in [4.78, 5) is 23.4. The highest BCUT2D eigenvalue weighted by Gasteiger charge is 2.32. The Balaban J connectivity index is 1.77. The van der Waals surface area contributed by atoms with Crippen LogP contribution in [0.1, 0.15) is 5.56 Å². The molecule has 3 aromatic carbocycles. The number of anilines is 2. The molecule has 4 rings (SSSR count). The van der Waals surface area contributed by atoms with Gasteiger partial charge in [0, 0.05) is 17.7 Å². The average molecular weight is 372 g/mol. The van der Waals surface area contributed by atoms with Crippen LogP contribution in [0.3, 0.4) is 0 Å². The van der Waals surface area contributed by atoms with Gasteiger partial charge < -0.3 is 0 Å². The third kappa shape index (κ3) is 3.26. The maximum absolute atomic E-state index is 13.0. The van der Waals surface area contributed by atoms with Crippen LogP contribution < -0.4 is 15.4 Å². The summed E-state index contributed by atoms with van der Waals surface area (Å²) in [5, 5.41) is 17.8. The van der Waals surface area contributed by atoms with E-state index >= 15 is 0 Å². The average Bonchev–Trinajstić information content (AvgIpc) is 2.75. The van der Waals surface area contributed by atoms with Crippen LogP contribution >= 0.6 is 0 Å². The number of hydrazone groups is 1. The molecule has 0 N–H and O–H groups in total. The predicted octanol–water partition coefficient (Wildman–Crippen LogP) is 3.92. The van der Waals surface area contributed by atoms with E-state index in [1.165, 1.54) is 22.2 Å². The van der Waals surface area contributed by atoms with Gasteiger partial charge in [-0.3, -0.25) is 10.1 Å². The monoisotopic (exact) mass is 372 g/mol. The van der Waals surface area contributed by atoms with Crippen LogP contribution in [-0.4, -0.2) is 16.8 Å². The van der Waals surface area contributed by atoms with Gasteiger partial charge in [0.25, 0.3) is 5.69 Å². The van der Waals surface area contributed by atoms with Crippen molar-refractivity contribution in [3.63, 3.8) is 0 Å². The first-order valence-electron chi connectivity index (χ1n) is 8.43. The minimum Gasteiger partial charge on any atom is -0.258 e. The third-order valence-corrected chi connectivity index (χ3v) is 4.09. The van der Waals surface area contributed by atoms with Gasteiger partial charge in [-0.1, -0.05) is 36.4 Å². The number of benzene rings is 3. The van der Waals surface area contributed by atoms with Crippen molar-refractivity contribution in [2.75, 3.05) is 10.0 Å². The van der Waals surface area contributed by atoms with Crippen molar-refractivity contribution in [3.8, 4) is 0 Å². The van der Waals surface area contributed by atoms with E-state index in [9.17, 15) is 14.9 Å². The van der Waals surface area contributed by atoms with Crippen molar-refractivity contribution in [2.45, 2.75) is 0 Å². The van der Waals surface area contributed by atoms with E-state index in [0.717, 1.165) is 0 Å². The van der Waals surface area contributed by atoms with E-state index in [1.807, 2.05) is 36.4 Å². The van der Waals surface area contributed by atoms with E-state index < -0.39 is 11.0 Å². The summed E-state index contributed by atoms with van der Waals surface area (Å²) in [6.45, 7) is 0. The molecule has 0 aliphatic carbocycles. The summed E-state index contributed by atoms with van der Waals surface area (Å²) >= 11 is 0. The molecule has 1 aliphatic heterocycles. The Labute approximate surface area is 160 Å². The van der Waals surface area contributed by atoms with E-state index in [-0.39, 0.29) is 11.5 Å². The number of carbonyl (C=O) groups excluding carboxylic acids is 1. The normalized spacial score (nSPS) is 13.7. The quantitative estimate of drug-likeness (QED) is 0.513. The number of non-ortho nitro benzene ring substituents is 1. The second kappa shape index (κ2) is 7.20. The molecule has 0 aromatic heterocycles. The van der Waals surface area contributed by atoms with Crippen LogP contribution in [0.2, 0.25) is 0 Å². The van der Waals surface area contributed by atoms with Gasteiger partial charge in [-0.05, 0) is 36.4 Å². The molecule has 0 fully saturated rings. The number of nitro groups is 1. The van der Waals surface area contributed by atoms with Gasteiger partial charge >= 0.3 is 6.03 Å². The molecule has 137 valence electrons. The fourth-order valence-corrected chi connectivity index (χ4v) is 2.71. The molecule has 8 heteroatoms. The highest BCUT2D eigenvalue weighted by atomic mass is 16.6. The summed E-state index contributed by atoms with van der Waals surface area (Å²) in [7, 11) is 0. The summed E-state index contributed by atoms with van der Waals surface area (Å²) < 4.78 is 0. The van der Waals surface area contributed by atoms with Gasteiger partial charge in [0.05, 0.1) is 16.3 Å². The smallest absolute Gasteiger partial charge is 0.258 e. The number of carbonyl (C=O) groups is 1. The Hall–Kier alpha value is -4.20. The lowest BCUT2D eigenvalue weighted by atomic mass is 10.2. The molecule has 3 aromatic rings. The first-order valence-corrected chi connectivity index (χ1v) is 8.43. The first kappa shape index (κ1) is 17.2. The largest absolute Gasteiger partial charge is 0.370 e. The molecular weight excluding hydrogens is 358 g/mol. The first-order chi connectivity index (χ1) is 13.6. The van der Waals surface area contributed by atoms with Crippen molar-refractivity contribution < 1.29 is 9.72 Å². The van der Waals surface area contributed by atoms with Crippen LogP contribution in [0, 0.1) is 10.1 Å². The number of hydrogen-bond donors (Lipinski definition) is 0. The number of nitrogens with zero attached hydrogens (tertiary/aromatic N) is 5. The number of amides is 2. The highest BCUT2D eigenvalue weighted by Crippen LogP contribution is 2.24. The minimum absolute atomic E-state index is 0.0314. The molecule has 28 heavy (non-hydrogen) atoms. The maximum atomic E-state index is 13.0. The van der Waals surface area contributed by atoms with Gasteiger partial charge in [0.1, 0.15) is 0 Å². The zero-order valence-electron chi connectivity index (χ0n) is 14.5. The Kier molecular flexibility index (Phi) is 4.43. The summed E-state index contributed by atoms with van der Waals surface area (Å²) in [6, 6.07) is 23.4. The van der Waals surface area contributed by atoms with Crippen molar-refractivity contribution >= 4 is 28.9 Å². The van der Waals surface area contributed by atoms with Gasteiger partial charge in [-0.15, -0.1) is 10.5 Å². The molecule has 1 radical (unpaired) electrons. The van der Waals surface area contributed by atoms with Crippen molar-refractivity contribution in [2.24, 2.45) is 5.10 Å². The van der Waals surface area contributed by atoms with Crippen LogP contribution in [0.4, 0.5) is 21.9 Å². The van der Waals surface area contributed by atoms with Crippen LogP contribution in [0.25, 0.3) is 0 Å². The van der Waals surface area contributed by atoms with E-state index in [4.69, 9.17) is 0 Å². The van der Waals surface area contributed by atoms with Crippen molar-refractivity contribution in [1.29, 1.82) is 0 Å². The zero-order valence-corrected chi connectivity index (χ0v) is 14.5. The molecule has 8 nitrogen and oxygen atoms in total. The molecule has 1 heterocycles. The fourth-order valence-electron chi connectivity index (χ4n) is 2.71. The second-order valence-electron chi connectivity index (χ2n) is 5.90. The highest BCUT2D eigenvalue weighted by molar-refractivity contribution is 6.12. The Bertz CT molecular complexity index is 1040. The van der Waals surface area contributed by atoms with Crippen molar-refractivity contribution in [1.82, 2.24) is 5.43 Å². The van der Waals surface area contributed by atoms with Crippen LogP contribution in [0.5, 0.6) is 0 Å². The number of hydrogen-bond acceptors (Lipinski definition) is 4. The Morgan fingerprint density at radius 3 is 1.82 bits per heavy atom. The fraction of sp³-hybridized carbons (Fsp3) is 0. The van der Waals surface area contributed by atoms with E-state index in [0.29, 0.717) is 16.9 Å². The molecule has 2 amide bonds. The number of nitro benzene ring substituents is 1. The van der Waals surface area contributed by atoms with E-state index in [1.54, 1.807) is 36.4 Å². The van der Waals surface area contributed by atoms with Gasteiger partial charge in [0.2, 0.25) is 5.84 Å². The predicted molar refractivity (Wildman–Crippen MR) is 105 cm³/mol. The Morgan fingerprint density at radius 2 is 1.29 bits per heavy atom. The maximum Gasteiger partial charge on any atom is 0.370 e. The number of amidine groups is 1. The zero-order chi connectivity index (χ0) is 19.5. The van der Waals surface area contributed by atoms with Crippen LogP contribution in [0.15, 0.2) is 90.0 Å². The lowest BCUT2D eigenvalue weighted by molar-refractivity contribution is -0.384. The molecule has 0 spiro atoms. The molecular formula is C20H14N5O3. The number of rotatable bonds is 4. The van der Waals surface area contributed by atoms with Crippen LogP contribution in [-0.2, 0) is 0 Å². The lowest BCUT2D eigenvalue weighted by Crippen LogP contribution is -2.52. The minimum atomic E-state index is -0.473. The molecule has 0 bridgehead atoms. The molecule has 0 saturated carbocycles. The number of urea groups is 1. The third-order valence-electron chi connectivity index (χ3n) is 4.09. The summed E-state index contributed by atoms with van der Waals surface area (Å²) in [5.41, 5.74) is 6.07.